The zero-order chi connectivity index (χ0) is 17.6. The van der Waals surface area contributed by atoms with Crippen molar-refractivity contribution < 1.29 is 9.90 Å². The average molecular weight is 335 g/mol. The quantitative estimate of drug-likeness (QED) is 0.667. The van der Waals surface area contributed by atoms with Crippen LogP contribution >= 0.6 is 0 Å². The van der Waals surface area contributed by atoms with Gasteiger partial charge in [-0.2, -0.15) is 5.10 Å². The van der Waals surface area contributed by atoms with Gasteiger partial charge in [-0.3, -0.25) is 15.2 Å². The van der Waals surface area contributed by atoms with Gasteiger partial charge in [0.2, 0.25) is 0 Å². The van der Waals surface area contributed by atoms with Crippen LogP contribution in [0, 0.1) is 0 Å². The highest BCUT2D eigenvalue weighted by Gasteiger charge is 2.11. The number of fused-ring (bicyclic) bond motifs is 3. The molecule has 0 saturated carbocycles. The number of aromatic amines is 1. The summed E-state index contributed by atoms with van der Waals surface area (Å²) in [4.78, 5) is 21.1. The molecule has 0 atom stereocenters. The Morgan fingerprint density at radius 1 is 1.16 bits per heavy atom. The molecular weight excluding hydrogens is 318 g/mol. The number of carboxylic acids is 1. The molecule has 1 aromatic carbocycles. The van der Waals surface area contributed by atoms with Crippen molar-refractivity contribution >= 4 is 34.5 Å². The van der Waals surface area contributed by atoms with Crippen molar-refractivity contribution in [1.82, 2.24) is 15.0 Å². The van der Waals surface area contributed by atoms with Gasteiger partial charge in [-0.1, -0.05) is 25.1 Å². The van der Waals surface area contributed by atoms with Crippen molar-refractivity contribution in [3.63, 3.8) is 0 Å². The normalized spacial score (nSPS) is 12.3. The van der Waals surface area contributed by atoms with E-state index in [-0.39, 0.29) is 6.42 Å². The number of rotatable bonds is 2. The number of aliphatic carboxylic acids is 1. The maximum absolute atomic E-state index is 9.37. The zero-order valence-electron chi connectivity index (χ0n) is 13.6. The number of carboxylic acid groups (broad SMARTS) is 1. The van der Waals surface area contributed by atoms with Crippen molar-refractivity contribution in [2.45, 2.75) is 13.3 Å². The van der Waals surface area contributed by atoms with E-state index in [9.17, 15) is 4.79 Å². The van der Waals surface area contributed by atoms with E-state index in [1.165, 1.54) is 0 Å². The smallest absolute Gasteiger partial charge is 0.303 e. The Bertz CT molecular complexity index is 945. The maximum Gasteiger partial charge on any atom is 0.303 e. The van der Waals surface area contributed by atoms with Gasteiger partial charge in [0.25, 0.3) is 0 Å². The third-order valence-corrected chi connectivity index (χ3v) is 3.56. The van der Waals surface area contributed by atoms with Crippen LogP contribution in [0.2, 0.25) is 0 Å². The zero-order valence-corrected chi connectivity index (χ0v) is 13.6. The van der Waals surface area contributed by atoms with E-state index in [1.807, 2.05) is 42.5 Å². The summed E-state index contributed by atoms with van der Waals surface area (Å²) in [5, 5.41) is 12.2. The number of aromatic nitrogens is 3. The lowest BCUT2D eigenvalue weighted by Crippen LogP contribution is -2.02. The predicted octanol–water partition coefficient (Wildman–Crippen LogP) is 3.28. The van der Waals surface area contributed by atoms with Gasteiger partial charge in [0.05, 0.1) is 23.2 Å². The molecule has 4 rings (SSSR count). The van der Waals surface area contributed by atoms with Gasteiger partial charge in [-0.05, 0) is 24.3 Å². The van der Waals surface area contributed by atoms with Gasteiger partial charge in [0.15, 0.2) is 0 Å². The Balaban J connectivity index is 0.000000324. The molecule has 0 amide bonds. The van der Waals surface area contributed by atoms with E-state index in [1.54, 1.807) is 19.4 Å². The number of pyridine rings is 1. The lowest BCUT2D eigenvalue weighted by molar-refractivity contribution is -0.136. The molecule has 0 fully saturated rings. The van der Waals surface area contributed by atoms with Crippen LogP contribution in [0.25, 0.3) is 17.1 Å². The number of carbonyl (C=O) groups is 1. The minimum Gasteiger partial charge on any atom is -0.481 e. The maximum atomic E-state index is 9.37. The Kier molecular flexibility index (Phi) is 4.84. The number of hydrogen-bond donors (Lipinski definition) is 3. The summed E-state index contributed by atoms with van der Waals surface area (Å²) in [5.41, 5.74) is 8.58. The highest BCUT2D eigenvalue weighted by molar-refractivity contribution is 6.11. The predicted molar refractivity (Wildman–Crippen MR) is 97.5 cm³/mol. The molecule has 3 N–H and O–H groups in total. The molecule has 0 unspecified atom stereocenters. The molecule has 7 nitrogen and oxygen atoms in total. The fraction of sp³-hybridized carbons (Fsp3) is 0.111. The van der Waals surface area contributed by atoms with Gasteiger partial charge in [-0.15, -0.1) is 0 Å². The first-order valence-electron chi connectivity index (χ1n) is 7.80. The highest BCUT2D eigenvalue weighted by Crippen LogP contribution is 2.27. The molecule has 0 saturated heterocycles. The second kappa shape index (κ2) is 7.39. The van der Waals surface area contributed by atoms with Gasteiger partial charge in [0.1, 0.15) is 11.2 Å². The molecule has 3 heterocycles. The monoisotopic (exact) mass is 335 g/mol. The van der Waals surface area contributed by atoms with Crippen molar-refractivity contribution in [3.05, 3.63) is 60.2 Å². The molecule has 7 heteroatoms. The first-order chi connectivity index (χ1) is 12.2. The molecule has 3 aromatic rings. The summed E-state index contributed by atoms with van der Waals surface area (Å²) >= 11 is 0. The minimum atomic E-state index is -0.745. The van der Waals surface area contributed by atoms with Gasteiger partial charge < -0.3 is 10.1 Å². The number of anilines is 1. The molecule has 2 aromatic heterocycles. The van der Waals surface area contributed by atoms with E-state index in [0.29, 0.717) is 0 Å². The van der Waals surface area contributed by atoms with Crippen molar-refractivity contribution in [2.24, 2.45) is 5.10 Å². The standard InChI is InChI=1S/C15H11N5.C3H6O2/c1-2-8-16-11(3-1)12-6-4-10-5-7-13-15(18-9-17-13)14(10)20-19-12;1-2-3(4)5/h1-9,20H,(H,17,18);2H2,1H3,(H,4,5). The molecule has 0 bridgehead atoms. The number of nitrogens with zero attached hydrogens (tertiary/aromatic N) is 3. The molecular formula is C18H17N5O2. The summed E-state index contributed by atoms with van der Waals surface area (Å²) in [7, 11) is 0. The second-order valence-electron chi connectivity index (χ2n) is 5.23. The van der Waals surface area contributed by atoms with Crippen LogP contribution in [0.15, 0.2) is 54.0 Å². The third kappa shape index (κ3) is 3.72. The summed E-state index contributed by atoms with van der Waals surface area (Å²) in [6.07, 6.45) is 7.65. The molecule has 0 aliphatic carbocycles. The van der Waals surface area contributed by atoms with Gasteiger partial charge >= 0.3 is 5.97 Å². The fourth-order valence-corrected chi connectivity index (χ4v) is 2.26. The average Bonchev–Trinajstić information content (AvgIpc) is 3.02. The van der Waals surface area contributed by atoms with E-state index < -0.39 is 5.97 Å². The van der Waals surface area contributed by atoms with Gasteiger partial charge in [-0.25, -0.2) is 4.98 Å². The number of benzene rings is 1. The van der Waals surface area contributed by atoms with Crippen LogP contribution in [-0.2, 0) is 4.79 Å². The molecule has 126 valence electrons. The minimum absolute atomic E-state index is 0.222. The fourth-order valence-electron chi connectivity index (χ4n) is 2.26. The van der Waals surface area contributed by atoms with Crippen molar-refractivity contribution in [1.29, 1.82) is 0 Å². The molecule has 1 aliphatic rings. The summed E-state index contributed by atoms with van der Waals surface area (Å²) < 4.78 is 0. The van der Waals surface area contributed by atoms with E-state index in [4.69, 9.17) is 5.11 Å². The number of hydrazone groups is 1. The highest BCUT2D eigenvalue weighted by atomic mass is 16.4. The molecule has 1 aliphatic heterocycles. The van der Waals surface area contributed by atoms with E-state index >= 15 is 0 Å². The van der Waals surface area contributed by atoms with Crippen LogP contribution in [-0.4, -0.2) is 31.7 Å². The Morgan fingerprint density at radius 2 is 2.00 bits per heavy atom. The lowest BCUT2D eigenvalue weighted by atomic mass is 10.1. The van der Waals surface area contributed by atoms with Gasteiger partial charge in [0, 0.05) is 18.2 Å². The molecule has 0 spiro atoms. The Morgan fingerprint density at radius 3 is 2.72 bits per heavy atom. The molecule has 25 heavy (non-hydrogen) atoms. The third-order valence-electron chi connectivity index (χ3n) is 3.56. The first-order valence-corrected chi connectivity index (χ1v) is 7.80. The Hall–Kier alpha value is -3.48. The summed E-state index contributed by atoms with van der Waals surface area (Å²) in [6.45, 7) is 1.60. The number of H-pyrrole nitrogens is 1. The van der Waals surface area contributed by atoms with Crippen LogP contribution in [0.4, 0.5) is 5.69 Å². The largest absolute Gasteiger partial charge is 0.481 e. The SMILES string of the molecule is C1=Cc2ccc3[nH]cnc3c2NN=C1c1ccccn1.CCC(=O)O. The van der Waals surface area contributed by atoms with Crippen LogP contribution in [0.5, 0.6) is 0 Å². The van der Waals surface area contributed by atoms with Crippen LogP contribution < -0.4 is 5.43 Å². The number of hydrogen-bond acceptors (Lipinski definition) is 5. The van der Waals surface area contributed by atoms with Crippen molar-refractivity contribution in [2.75, 3.05) is 5.43 Å². The first kappa shape index (κ1) is 16.4. The van der Waals surface area contributed by atoms with Crippen LogP contribution in [0.1, 0.15) is 24.6 Å². The summed E-state index contributed by atoms with van der Waals surface area (Å²) in [5.74, 6) is -0.745. The Labute approximate surface area is 144 Å². The topological polar surface area (TPSA) is 103 Å². The number of allylic oxidation sites excluding steroid dienone is 1. The summed E-state index contributed by atoms with van der Waals surface area (Å²) in [6, 6.07) is 9.82. The van der Waals surface area contributed by atoms with E-state index in [0.717, 1.165) is 33.7 Å². The van der Waals surface area contributed by atoms with Crippen LogP contribution in [0.3, 0.4) is 0 Å². The second-order valence-corrected chi connectivity index (χ2v) is 5.23. The lowest BCUT2D eigenvalue weighted by Gasteiger charge is -2.04. The number of nitrogens with one attached hydrogen (secondary N) is 2. The molecule has 0 radical (unpaired) electrons. The van der Waals surface area contributed by atoms with E-state index in [2.05, 4.69) is 25.5 Å². The number of imidazole rings is 1. The van der Waals surface area contributed by atoms with Crippen molar-refractivity contribution in [3.8, 4) is 0 Å².